The van der Waals surface area contributed by atoms with Crippen LogP contribution in [0, 0.1) is 13.8 Å². The molecule has 0 radical (unpaired) electrons. The van der Waals surface area contributed by atoms with E-state index in [9.17, 15) is 9.59 Å². The summed E-state index contributed by atoms with van der Waals surface area (Å²) < 4.78 is 5.22. The molecule has 1 aromatic carbocycles. The van der Waals surface area contributed by atoms with E-state index in [2.05, 4.69) is 0 Å². The topological polar surface area (TPSA) is 47.3 Å². The zero-order chi connectivity index (χ0) is 11.9. The molecule has 0 saturated carbocycles. The molecule has 1 aromatic heterocycles. The van der Waals surface area contributed by atoms with Gasteiger partial charge in [0.25, 0.3) is 0 Å². The number of benzene rings is 1. The summed E-state index contributed by atoms with van der Waals surface area (Å²) in [5.41, 5.74) is 1.76. The van der Waals surface area contributed by atoms with E-state index in [-0.39, 0.29) is 11.0 Å². The molecule has 0 aliphatic rings. The Morgan fingerprint density at radius 3 is 2.69 bits per heavy atom. The maximum atomic E-state index is 11.8. The zero-order valence-electron chi connectivity index (χ0n) is 8.83. The molecule has 0 spiro atoms. The molecular weight excluding hydrogens is 228 g/mol. The van der Waals surface area contributed by atoms with Gasteiger partial charge in [0, 0.05) is 0 Å². The number of carbonyl (C=O) groups is 1. The van der Waals surface area contributed by atoms with Gasteiger partial charge in [-0.25, -0.2) is 0 Å². The van der Waals surface area contributed by atoms with Gasteiger partial charge in [0.15, 0.2) is 11.9 Å². The third-order valence-electron chi connectivity index (χ3n) is 2.66. The summed E-state index contributed by atoms with van der Waals surface area (Å²) in [5, 5.41) is 0.766. The lowest BCUT2D eigenvalue weighted by atomic mass is 10.1. The van der Waals surface area contributed by atoms with E-state index in [1.807, 2.05) is 13.8 Å². The lowest BCUT2D eigenvalue weighted by Crippen LogP contribution is -2.08. The molecule has 0 unspecified atom stereocenters. The monoisotopic (exact) mass is 236 g/mol. The molecule has 2 rings (SSSR count). The standard InChI is InChI=1S/C12H9ClO3/c1-6-3-9-11(15)8(4-14)5-16-12(9)10(13)7(6)2/h3-5H,1-2H3. The summed E-state index contributed by atoms with van der Waals surface area (Å²) in [4.78, 5) is 22.4. The van der Waals surface area contributed by atoms with Crippen LogP contribution in [0.25, 0.3) is 11.0 Å². The number of rotatable bonds is 1. The van der Waals surface area contributed by atoms with E-state index in [1.54, 1.807) is 6.07 Å². The van der Waals surface area contributed by atoms with Crippen molar-refractivity contribution in [2.24, 2.45) is 0 Å². The first-order chi connectivity index (χ1) is 7.56. The van der Waals surface area contributed by atoms with Crippen molar-refractivity contribution in [3.05, 3.63) is 44.3 Å². The van der Waals surface area contributed by atoms with E-state index >= 15 is 0 Å². The summed E-state index contributed by atoms with van der Waals surface area (Å²) in [6, 6.07) is 1.69. The Morgan fingerprint density at radius 1 is 1.38 bits per heavy atom. The highest BCUT2D eigenvalue weighted by Crippen LogP contribution is 2.27. The van der Waals surface area contributed by atoms with Crippen LogP contribution >= 0.6 is 11.6 Å². The number of fused-ring (bicyclic) bond motifs is 1. The Morgan fingerprint density at radius 2 is 2.06 bits per heavy atom. The van der Waals surface area contributed by atoms with Crippen molar-refractivity contribution in [2.45, 2.75) is 13.8 Å². The molecule has 0 saturated heterocycles. The fourth-order valence-electron chi connectivity index (χ4n) is 1.55. The minimum atomic E-state index is -0.346. The van der Waals surface area contributed by atoms with Crippen molar-refractivity contribution in [2.75, 3.05) is 0 Å². The maximum Gasteiger partial charge on any atom is 0.203 e. The number of hydrogen-bond donors (Lipinski definition) is 0. The van der Waals surface area contributed by atoms with E-state index in [4.69, 9.17) is 16.0 Å². The lowest BCUT2D eigenvalue weighted by molar-refractivity contribution is 0.112. The number of halogens is 1. The predicted molar refractivity (Wildman–Crippen MR) is 62.4 cm³/mol. The van der Waals surface area contributed by atoms with Crippen LogP contribution in [0.4, 0.5) is 0 Å². The second-order valence-electron chi connectivity index (χ2n) is 3.65. The van der Waals surface area contributed by atoms with Crippen LogP contribution in [0.15, 0.2) is 21.5 Å². The SMILES string of the molecule is Cc1cc2c(=O)c(C=O)coc2c(Cl)c1C. The van der Waals surface area contributed by atoms with E-state index in [1.165, 1.54) is 0 Å². The summed E-state index contributed by atoms with van der Waals surface area (Å²) in [6.07, 6.45) is 1.62. The number of aryl methyl sites for hydroxylation is 1. The van der Waals surface area contributed by atoms with Gasteiger partial charge in [-0.3, -0.25) is 9.59 Å². The molecule has 4 heteroatoms. The van der Waals surface area contributed by atoms with Gasteiger partial charge in [0.1, 0.15) is 6.26 Å². The third kappa shape index (κ3) is 1.44. The predicted octanol–water partition coefficient (Wildman–Crippen LogP) is 2.88. The van der Waals surface area contributed by atoms with Crippen molar-refractivity contribution in [3.8, 4) is 0 Å². The minimum absolute atomic E-state index is 0.00631. The van der Waals surface area contributed by atoms with Crippen molar-refractivity contribution in [1.82, 2.24) is 0 Å². The minimum Gasteiger partial charge on any atom is -0.462 e. The zero-order valence-corrected chi connectivity index (χ0v) is 9.59. The van der Waals surface area contributed by atoms with Gasteiger partial charge < -0.3 is 4.42 Å². The highest BCUT2D eigenvalue weighted by atomic mass is 35.5. The highest BCUT2D eigenvalue weighted by molar-refractivity contribution is 6.35. The van der Waals surface area contributed by atoms with Crippen LogP contribution in [0.1, 0.15) is 21.5 Å². The summed E-state index contributed by atoms with van der Waals surface area (Å²) in [7, 11) is 0. The first-order valence-corrected chi connectivity index (χ1v) is 5.10. The Bertz CT molecular complexity index is 641. The molecule has 3 nitrogen and oxygen atoms in total. The smallest absolute Gasteiger partial charge is 0.203 e. The second-order valence-corrected chi connectivity index (χ2v) is 4.03. The molecule has 0 bridgehead atoms. The van der Waals surface area contributed by atoms with Gasteiger partial charge in [-0.05, 0) is 31.0 Å². The van der Waals surface area contributed by atoms with Crippen LogP contribution in [-0.4, -0.2) is 6.29 Å². The quantitative estimate of drug-likeness (QED) is 0.716. The molecule has 0 aliphatic heterocycles. The summed E-state index contributed by atoms with van der Waals surface area (Å²) in [6.45, 7) is 3.71. The normalized spacial score (nSPS) is 10.7. The molecule has 0 fully saturated rings. The van der Waals surface area contributed by atoms with Crippen LogP contribution in [0.2, 0.25) is 5.02 Å². The molecule has 1 heterocycles. The Hall–Kier alpha value is -1.61. The van der Waals surface area contributed by atoms with Crippen LogP contribution < -0.4 is 5.43 Å². The fraction of sp³-hybridized carbons (Fsp3) is 0.167. The Labute approximate surface area is 96.6 Å². The van der Waals surface area contributed by atoms with Gasteiger partial charge in [0.2, 0.25) is 5.43 Å². The molecule has 0 atom stereocenters. The van der Waals surface area contributed by atoms with Gasteiger partial charge in [-0.1, -0.05) is 11.6 Å². The summed E-state index contributed by atoms with van der Waals surface area (Å²) >= 11 is 6.08. The highest BCUT2D eigenvalue weighted by Gasteiger charge is 2.12. The second kappa shape index (κ2) is 3.76. The number of aldehydes is 1. The average Bonchev–Trinajstić information content (AvgIpc) is 2.28. The van der Waals surface area contributed by atoms with Gasteiger partial charge in [-0.15, -0.1) is 0 Å². The molecule has 0 aliphatic carbocycles. The van der Waals surface area contributed by atoms with Gasteiger partial charge in [0.05, 0.1) is 16.0 Å². The molecular formula is C12H9ClO3. The lowest BCUT2D eigenvalue weighted by Gasteiger charge is -2.06. The molecule has 0 N–H and O–H groups in total. The molecule has 0 amide bonds. The molecule has 2 aromatic rings. The first-order valence-electron chi connectivity index (χ1n) is 4.72. The van der Waals surface area contributed by atoms with E-state index in [0.29, 0.717) is 22.3 Å². The van der Waals surface area contributed by atoms with Crippen molar-refractivity contribution in [3.63, 3.8) is 0 Å². The number of hydrogen-bond acceptors (Lipinski definition) is 3. The fourth-order valence-corrected chi connectivity index (χ4v) is 1.84. The van der Waals surface area contributed by atoms with Crippen LogP contribution in [-0.2, 0) is 0 Å². The van der Waals surface area contributed by atoms with Crippen molar-refractivity contribution < 1.29 is 9.21 Å². The van der Waals surface area contributed by atoms with E-state index in [0.717, 1.165) is 17.4 Å². The maximum absolute atomic E-state index is 11.8. The summed E-state index contributed by atoms with van der Waals surface area (Å²) in [5.74, 6) is 0. The third-order valence-corrected chi connectivity index (χ3v) is 3.12. The van der Waals surface area contributed by atoms with Gasteiger partial charge in [-0.2, -0.15) is 0 Å². The average molecular weight is 237 g/mol. The Kier molecular flexibility index (Phi) is 2.56. The van der Waals surface area contributed by atoms with Gasteiger partial charge >= 0.3 is 0 Å². The van der Waals surface area contributed by atoms with Crippen LogP contribution in [0.5, 0.6) is 0 Å². The van der Waals surface area contributed by atoms with E-state index < -0.39 is 0 Å². The first kappa shape index (κ1) is 10.9. The Balaban J connectivity index is 3.02. The number of carbonyl (C=O) groups excluding carboxylic acids is 1. The van der Waals surface area contributed by atoms with Crippen LogP contribution in [0.3, 0.4) is 0 Å². The molecule has 16 heavy (non-hydrogen) atoms. The largest absolute Gasteiger partial charge is 0.462 e. The molecule has 82 valence electrons. The van der Waals surface area contributed by atoms with Crippen molar-refractivity contribution in [1.29, 1.82) is 0 Å². The van der Waals surface area contributed by atoms with Crippen molar-refractivity contribution >= 4 is 28.9 Å².